The largest absolute Gasteiger partial charge is 0.369 e. The number of rotatable bonds is 5. The summed E-state index contributed by atoms with van der Waals surface area (Å²) in [5.41, 5.74) is 7.32. The molecule has 1 saturated heterocycles. The van der Waals surface area contributed by atoms with E-state index < -0.39 is 5.41 Å². The highest BCUT2D eigenvalue weighted by Crippen LogP contribution is 2.36. The number of amides is 2. The molecule has 2 amide bonds. The maximum Gasteiger partial charge on any atom is 0.292 e. The minimum atomic E-state index is -0.724. The van der Waals surface area contributed by atoms with Gasteiger partial charge in [0.25, 0.3) is 5.91 Å². The van der Waals surface area contributed by atoms with Crippen molar-refractivity contribution in [1.29, 1.82) is 0 Å². The average molecular weight is 407 g/mol. The molecule has 2 N–H and O–H groups in total. The fraction of sp³-hybridized carbons (Fsp3) is 0.261. The molecule has 0 unspecified atom stereocenters. The first-order valence-electron chi connectivity index (χ1n) is 9.82. The van der Waals surface area contributed by atoms with Crippen LogP contribution in [0.1, 0.15) is 29.0 Å². The fourth-order valence-corrected chi connectivity index (χ4v) is 4.02. The number of hydrogen-bond donors (Lipinski definition) is 1. The number of nitrogens with zero attached hydrogens (tertiary/aromatic N) is 2. The minimum absolute atomic E-state index is 0.185. The zero-order chi connectivity index (χ0) is 21.1. The molecule has 2 heterocycles. The van der Waals surface area contributed by atoms with E-state index in [0.717, 1.165) is 11.1 Å². The van der Waals surface area contributed by atoms with Gasteiger partial charge in [-0.25, -0.2) is 4.39 Å². The van der Waals surface area contributed by atoms with Gasteiger partial charge in [0.2, 0.25) is 11.7 Å². The number of hydrogen-bond acceptors (Lipinski definition) is 4. The normalized spacial score (nSPS) is 15.7. The number of carbonyl (C=O) groups is 2. The second-order valence-electron chi connectivity index (χ2n) is 7.67. The molecule has 2 aromatic carbocycles. The molecule has 3 aromatic rings. The number of benzene rings is 2. The summed E-state index contributed by atoms with van der Waals surface area (Å²) in [5.74, 6) is -0.694. The second-order valence-corrected chi connectivity index (χ2v) is 7.67. The molecular formula is C23H22FN3O3. The van der Waals surface area contributed by atoms with Gasteiger partial charge in [-0.05, 0) is 36.5 Å². The van der Waals surface area contributed by atoms with Gasteiger partial charge in [-0.15, -0.1) is 0 Å². The van der Waals surface area contributed by atoms with E-state index in [1.165, 1.54) is 18.3 Å². The van der Waals surface area contributed by atoms with Gasteiger partial charge in [0.15, 0.2) is 0 Å². The van der Waals surface area contributed by atoms with Gasteiger partial charge in [-0.1, -0.05) is 47.6 Å². The second kappa shape index (κ2) is 8.10. The summed E-state index contributed by atoms with van der Waals surface area (Å²) < 4.78 is 19.0. The third-order valence-corrected chi connectivity index (χ3v) is 5.86. The summed E-state index contributed by atoms with van der Waals surface area (Å²) in [6.45, 7) is 0.825. The lowest BCUT2D eigenvalue weighted by molar-refractivity contribution is -0.130. The molecule has 6 nitrogen and oxygen atoms in total. The summed E-state index contributed by atoms with van der Waals surface area (Å²) in [6, 6.07) is 15.6. The van der Waals surface area contributed by atoms with Crippen LogP contribution in [0, 0.1) is 11.2 Å². The molecule has 1 aliphatic heterocycles. The van der Waals surface area contributed by atoms with Gasteiger partial charge in [-0.3, -0.25) is 9.59 Å². The highest BCUT2D eigenvalue weighted by atomic mass is 19.1. The third kappa shape index (κ3) is 3.83. The van der Waals surface area contributed by atoms with E-state index in [2.05, 4.69) is 5.16 Å². The van der Waals surface area contributed by atoms with Crippen molar-refractivity contribution in [3.63, 3.8) is 0 Å². The SMILES string of the molecule is NC(=O)C1(Cc2ccc(-c3ccccc3F)cc2)CCN(C(=O)c2ccno2)CC1. The predicted molar refractivity (Wildman–Crippen MR) is 109 cm³/mol. The van der Waals surface area contributed by atoms with E-state index in [0.29, 0.717) is 37.9 Å². The molecule has 1 aliphatic rings. The van der Waals surface area contributed by atoms with Gasteiger partial charge in [0.1, 0.15) is 5.82 Å². The van der Waals surface area contributed by atoms with Crippen LogP contribution in [0.15, 0.2) is 65.3 Å². The van der Waals surface area contributed by atoms with Crippen molar-refractivity contribution >= 4 is 11.8 Å². The Kier molecular flexibility index (Phi) is 5.35. The van der Waals surface area contributed by atoms with Crippen molar-refractivity contribution in [2.24, 2.45) is 11.1 Å². The minimum Gasteiger partial charge on any atom is -0.369 e. The van der Waals surface area contributed by atoms with Crippen LogP contribution in [0.4, 0.5) is 4.39 Å². The zero-order valence-electron chi connectivity index (χ0n) is 16.4. The van der Waals surface area contributed by atoms with Crippen molar-refractivity contribution in [2.75, 3.05) is 13.1 Å². The van der Waals surface area contributed by atoms with Crippen LogP contribution in [-0.4, -0.2) is 35.0 Å². The van der Waals surface area contributed by atoms with Gasteiger partial charge in [0, 0.05) is 24.7 Å². The Bertz CT molecular complexity index is 1040. The molecule has 0 radical (unpaired) electrons. The Balaban J connectivity index is 1.47. The van der Waals surface area contributed by atoms with Gasteiger partial charge < -0.3 is 15.2 Å². The predicted octanol–water partition coefficient (Wildman–Crippen LogP) is 3.43. The molecule has 4 rings (SSSR count). The maximum absolute atomic E-state index is 14.0. The third-order valence-electron chi connectivity index (χ3n) is 5.86. The summed E-state index contributed by atoms with van der Waals surface area (Å²) >= 11 is 0. The van der Waals surface area contributed by atoms with E-state index in [4.69, 9.17) is 10.3 Å². The van der Waals surface area contributed by atoms with Crippen molar-refractivity contribution in [1.82, 2.24) is 10.1 Å². The van der Waals surface area contributed by atoms with Crippen LogP contribution in [0.5, 0.6) is 0 Å². The molecule has 30 heavy (non-hydrogen) atoms. The smallest absolute Gasteiger partial charge is 0.292 e. The first-order valence-corrected chi connectivity index (χ1v) is 9.82. The Morgan fingerprint density at radius 1 is 1.07 bits per heavy atom. The lowest BCUT2D eigenvalue weighted by Gasteiger charge is -2.39. The molecule has 1 fully saturated rings. The van der Waals surface area contributed by atoms with Crippen LogP contribution in [0.25, 0.3) is 11.1 Å². The molecule has 0 saturated carbocycles. The summed E-state index contributed by atoms with van der Waals surface area (Å²) in [7, 11) is 0. The fourth-order valence-electron chi connectivity index (χ4n) is 4.02. The van der Waals surface area contributed by atoms with Crippen LogP contribution < -0.4 is 5.73 Å². The Labute approximate surface area is 173 Å². The van der Waals surface area contributed by atoms with Crippen molar-refractivity contribution in [2.45, 2.75) is 19.3 Å². The van der Waals surface area contributed by atoms with Gasteiger partial charge in [-0.2, -0.15) is 0 Å². The highest BCUT2D eigenvalue weighted by molar-refractivity contribution is 5.91. The summed E-state index contributed by atoms with van der Waals surface area (Å²) in [5, 5.41) is 3.57. The lowest BCUT2D eigenvalue weighted by Crippen LogP contribution is -2.49. The molecule has 7 heteroatoms. The van der Waals surface area contributed by atoms with E-state index in [1.807, 2.05) is 24.3 Å². The first kappa shape index (κ1) is 19.8. The Morgan fingerprint density at radius 3 is 2.37 bits per heavy atom. The van der Waals surface area contributed by atoms with E-state index >= 15 is 0 Å². The quantitative estimate of drug-likeness (QED) is 0.702. The van der Waals surface area contributed by atoms with E-state index in [1.54, 1.807) is 23.1 Å². The monoisotopic (exact) mass is 407 g/mol. The number of carbonyl (C=O) groups excluding carboxylic acids is 2. The Hall–Kier alpha value is -3.48. The van der Waals surface area contributed by atoms with Crippen LogP contribution in [-0.2, 0) is 11.2 Å². The standard InChI is InChI=1S/C23H22FN3O3/c24-19-4-2-1-3-18(19)17-7-5-16(6-8-17)15-23(22(25)29)10-13-27(14-11-23)21(28)20-9-12-26-30-20/h1-9,12H,10-11,13-15H2,(H2,25,29). The number of aromatic nitrogens is 1. The first-order chi connectivity index (χ1) is 14.5. The molecule has 0 spiro atoms. The molecule has 0 bridgehead atoms. The number of primary amides is 1. The van der Waals surface area contributed by atoms with Crippen molar-refractivity contribution in [3.05, 3.63) is 77.9 Å². The number of halogens is 1. The number of likely N-dealkylation sites (tertiary alicyclic amines) is 1. The molecule has 1 aromatic heterocycles. The Morgan fingerprint density at radius 2 is 1.77 bits per heavy atom. The zero-order valence-corrected chi connectivity index (χ0v) is 16.4. The summed E-state index contributed by atoms with van der Waals surface area (Å²) in [4.78, 5) is 26.5. The average Bonchev–Trinajstić information content (AvgIpc) is 3.30. The highest BCUT2D eigenvalue weighted by Gasteiger charge is 2.41. The number of piperidine rings is 1. The van der Waals surface area contributed by atoms with Gasteiger partial charge >= 0.3 is 0 Å². The van der Waals surface area contributed by atoms with Crippen LogP contribution in [0.2, 0.25) is 0 Å². The number of nitrogens with two attached hydrogens (primary N) is 1. The summed E-state index contributed by atoms with van der Waals surface area (Å²) in [6.07, 6.45) is 2.84. The van der Waals surface area contributed by atoms with Crippen molar-refractivity contribution < 1.29 is 18.5 Å². The van der Waals surface area contributed by atoms with E-state index in [9.17, 15) is 14.0 Å². The molecule has 0 aliphatic carbocycles. The van der Waals surface area contributed by atoms with Crippen molar-refractivity contribution in [3.8, 4) is 11.1 Å². The molecule has 154 valence electrons. The van der Waals surface area contributed by atoms with Crippen LogP contribution >= 0.6 is 0 Å². The molecular weight excluding hydrogens is 385 g/mol. The van der Waals surface area contributed by atoms with Gasteiger partial charge in [0.05, 0.1) is 11.6 Å². The topological polar surface area (TPSA) is 89.4 Å². The van der Waals surface area contributed by atoms with E-state index in [-0.39, 0.29) is 23.4 Å². The van der Waals surface area contributed by atoms with Crippen LogP contribution in [0.3, 0.4) is 0 Å². The lowest BCUT2D eigenvalue weighted by atomic mass is 9.73. The molecule has 0 atom stereocenters. The maximum atomic E-state index is 14.0.